The van der Waals surface area contributed by atoms with Crippen LogP contribution in [0, 0.1) is 5.92 Å². The van der Waals surface area contributed by atoms with E-state index in [0.29, 0.717) is 13.0 Å². The highest BCUT2D eigenvalue weighted by atomic mass is 79.9. The maximum atomic E-state index is 11.0. The molecule has 2 rings (SSSR count). The van der Waals surface area contributed by atoms with Crippen molar-refractivity contribution in [3.05, 3.63) is 16.1 Å². The molecule has 1 aliphatic heterocycles. The molecule has 1 aromatic rings. The first-order valence-corrected chi connectivity index (χ1v) is 6.58. The second kappa shape index (κ2) is 4.12. The minimum absolute atomic E-state index is 0.000830. The molecule has 0 fully saturated rings. The highest BCUT2D eigenvalue weighted by Gasteiger charge is 2.31. The Balaban J connectivity index is 2.41. The van der Waals surface area contributed by atoms with Crippen molar-refractivity contribution in [1.29, 1.82) is 0 Å². The molecule has 0 bridgehead atoms. The van der Waals surface area contributed by atoms with E-state index in [1.165, 1.54) is 5.69 Å². The first kappa shape index (κ1) is 12.6. The van der Waals surface area contributed by atoms with Gasteiger partial charge in [-0.05, 0) is 28.8 Å². The van der Waals surface area contributed by atoms with Gasteiger partial charge in [-0.25, -0.2) is 4.98 Å². The minimum atomic E-state index is -0.714. The van der Waals surface area contributed by atoms with Crippen molar-refractivity contribution >= 4 is 21.9 Å². The number of rotatable bonds is 1. The molecule has 0 saturated carbocycles. The zero-order valence-electron chi connectivity index (χ0n) is 10.3. The molecule has 1 atom stereocenters. The van der Waals surface area contributed by atoms with Crippen molar-refractivity contribution in [3.8, 4) is 0 Å². The summed E-state index contributed by atoms with van der Waals surface area (Å²) >= 11 is 3.43. The Labute approximate surface area is 109 Å². The van der Waals surface area contributed by atoms with E-state index in [1.54, 1.807) is 0 Å². The SMILES string of the molecule is CC(C)(C)c1nc(Br)n2c1CCC(C(=O)O)C2. The number of hydrogen-bond donors (Lipinski definition) is 1. The summed E-state index contributed by atoms with van der Waals surface area (Å²) in [5, 5.41) is 9.07. The summed E-state index contributed by atoms with van der Waals surface area (Å²) < 4.78 is 2.76. The Kier molecular flexibility index (Phi) is 3.06. The predicted octanol–water partition coefficient (Wildman–Crippen LogP) is 2.59. The van der Waals surface area contributed by atoms with Crippen molar-refractivity contribution < 1.29 is 9.90 Å². The van der Waals surface area contributed by atoms with E-state index in [2.05, 4.69) is 41.7 Å². The van der Waals surface area contributed by atoms with Crippen molar-refractivity contribution in [2.45, 2.75) is 45.6 Å². The molecule has 1 aromatic heterocycles. The Morgan fingerprint density at radius 1 is 1.53 bits per heavy atom. The first-order chi connectivity index (χ1) is 7.80. The van der Waals surface area contributed by atoms with Gasteiger partial charge in [-0.2, -0.15) is 0 Å². The van der Waals surface area contributed by atoms with Gasteiger partial charge >= 0.3 is 5.97 Å². The van der Waals surface area contributed by atoms with Gasteiger partial charge in [0.05, 0.1) is 11.6 Å². The predicted molar refractivity (Wildman–Crippen MR) is 68.1 cm³/mol. The number of fused-ring (bicyclic) bond motifs is 1. The van der Waals surface area contributed by atoms with Crippen LogP contribution >= 0.6 is 15.9 Å². The van der Waals surface area contributed by atoms with Gasteiger partial charge in [-0.15, -0.1) is 0 Å². The van der Waals surface area contributed by atoms with Gasteiger partial charge in [-0.1, -0.05) is 20.8 Å². The molecule has 17 heavy (non-hydrogen) atoms. The van der Waals surface area contributed by atoms with Gasteiger partial charge in [0, 0.05) is 17.7 Å². The quantitative estimate of drug-likeness (QED) is 0.867. The van der Waals surface area contributed by atoms with Crippen LogP contribution in [0.4, 0.5) is 0 Å². The summed E-state index contributed by atoms with van der Waals surface area (Å²) in [5.41, 5.74) is 2.26. The normalized spacial score (nSPS) is 20.1. The largest absolute Gasteiger partial charge is 0.481 e. The Hall–Kier alpha value is -0.840. The monoisotopic (exact) mass is 300 g/mol. The van der Waals surface area contributed by atoms with Crippen LogP contribution in [0.5, 0.6) is 0 Å². The van der Waals surface area contributed by atoms with E-state index in [1.807, 2.05) is 4.57 Å². The zero-order valence-corrected chi connectivity index (χ0v) is 11.9. The molecule has 0 radical (unpaired) electrons. The number of aliphatic carboxylic acids is 1. The second-order valence-electron chi connectivity index (χ2n) is 5.61. The highest BCUT2D eigenvalue weighted by molar-refractivity contribution is 9.10. The third kappa shape index (κ3) is 2.25. The van der Waals surface area contributed by atoms with Gasteiger partial charge in [0.25, 0.3) is 0 Å². The van der Waals surface area contributed by atoms with E-state index in [9.17, 15) is 4.79 Å². The maximum absolute atomic E-state index is 11.0. The fraction of sp³-hybridized carbons (Fsp3) is 0.667. The lowest BCUT2D eigenvalue weighted by molar-refractivity contribution is -0.142. The van der Waals surface area contributed by atoms with Crippen LogP contribution in [0.2, 0.25) is 0 Å². The van der Waals surface area contributed by atoms with Crippen molar-refractivity contribution in [2.24, 2.45) is 5.92 Å². The van der Waals surface area contributed by atoms with Crippen molar-refractivity contribution in [3.63, 3.8) is 0 Å². The summed E-state index contributed by atoms with van der Waals surface area (Å²) in [6.07, 6.45) is 1.50. The summed E-state index contributed by atoms with van der Waals surface area (Å²) in [6, 6.07) is 0. The third-order valence-electron chi connectivity index (χ3n) is 3.22. The summed E-state index contributed by atoms with van der Waals surface area (Å²) in [6.45, 7) is 6.91. The third-order valence-corrected chi connectivity index (χ3v) is 3.82. The number of hydrogen-bond acceptors (Lipinski definition) is 2. The molecule has 0 saturated heterocycles. The Morgan fingerprint density at radius 2 is 2.18 bits per heavy atom. The molecule has 0 aromatic carbocycles. The average Bonchev–Trinajstić information content (AvgIpc) is 2.55. The molecule has 94 valence electrons. The molecule has 0 amide bonds. The number of nitrogens with zero attached hydrogens (tertiary/aromatic N) is 2. The molecular formula is C12H17BrN2O2. The standard InChI is InChI=1S/C12H17BrN2O2/c1-12(2,3)9-8-5-4-7(10(16)17)6-15(8)11(13)14-9/h7H,4-6H2,1-3H3,(H,16,17). The van der Waals surface area contributed by atoms with Gasteiger partial charge in [-0.3, -0.25) is 4.79 Å². The molecule has 1 unspecified atom stereocenters. The van der Waals surface area contributed by atoms with Gasteiger partial charge < -0.3 is 9.67 Å². The number of halogens is 1. The summed E-state index contributed by atoms with van der Waals surface area (Å²) in [7, 11) is 0. The second-order valence-corrected chi connectivity index (χ2v) is 6.32. The number of carboxylic acids is 1. The van der Waals surface area contributed by atoms with Crippen LogP contribution in [0.15, 0.2) is 4.73 Å². The van der Waals surface area contributed by atoms with Crippen LogP contribution < -0.4 is 0 Å². The lowest BCUT2D eigenvalue weighted by Gasteiger charge is -2.25. The number of carboxylic acid groups (broad SMARTS) is 1. The molecule has 0 spiro atoms. The summed E-state index contributed by atoms with van der Waals surface area (Å²) in [5.74, 6) is -1.01. The maximum Gasteiger partial charge on any atom is 0.308 e. The fourth-order valence-corrected chi connectivity index (χ4v) is 2.86. The van der Waals surface area contributed by atoms with E-state index in [0.717, 1.165) is 16.8 Å². The van der Waals surface area contributed by atoms with E-state index in [-0.39, 0.29) is 11.3 Å². The van der Waals surface area contributed by atoms with Crippen molar-refractivity contribution in [1.82, 2.24) is 9.55 Å². The number of carbonyl (C=O) groups is 1. The smallest absolute Gasteiger partial charge is 0.308 e. The molecule has 0 aliphatic carbocycles. The zero-order chi connectivity index (χ0) is 12.8. The van der Waals surface area contributed by atoms with E-state index >= 15 is 0 Å². The van der Waals surface area contributed by atoms with Crippen LogP contribution in [0.3, 0.4) is 0 Å². The van der Waals surface area contributed by atoms with Crippen LogP contribution in [-0.2, 0) is 23.2 Å². The number of aromatic nitrogens is 2. The topological polar surface area (TPSA) is 55.1 Å². The molecule has 5 heteroatoms. The molecule has 1 aliphatic rings. The van der Waals surface area contributed by atoms with Crippen LogP contribution in [-0.4, -0.2) is 20.6 Å². The molecule has 2 heterocycles. The van der Waals surface area contributed by atoms with Crippen LogP contribution in [0.25, 0.3) is 0 Å². The first-order valence-electron chi connectivity index (χ1n) is 5.79. The lowest BCUT2D eigenvalue weighted by Crippen LogP contribution is -2.28. The fourth-order valence-electron chi connectivity index (χ4n) is 2.32. The van der Waals surface area contributed by atoms with Crippen molar-refractivity contribution in [2.75, 3.05) is 0 Å². The van der Waals surface area contributed by atoms with Gasteiger partial charge in [0.2, 0.25) is 0 Å². The number of imidazole rings is 1. The average molecular weight is 301 g/mol. The molecular weight excluding hydrogens is 284 g/mol. The minimum Gasteiger partial charge on any atom is -0.481 e. The Bertz CT molecular complexity index is 460. The van der Waals surface area contributed by atoms with E-state index in [4.69, 9.17) is 5.11 Å². The highest BCUT2D eigenvalue weighted by Crippen LogP contribution is 2.33. The summed E-state index contributed by atoms with van der Waals surface area (Å²) in [4.78, 5) is 15.6. The Morgan fingerprint density at radius 3 is 2.71 bits per heavy atom. The van der Waals surface area contributed by atoms with Crippen LogP contribution in [0.1, 0.15) is 38.6 Å². The molecule has 4 nitrogen and oxygen atoms in total. The lowest BCUT2D eigenvalue weighted by atomic mass is 9.87. The van der Waals surface area contributed by atoms with E-state index < -0.39 is 5.97 Å². The molecule has 1 N–H and O–H groups in total. The van der Waals surface area contributed by atoms with Gasteiger partial charge in [0.15, 0.2) is 4.73 Å². The van der Waals surface area contributed by atoms with Gasteiger partial charge in [0.1, 0.15) is 0 Å².